The molecule has 1 N–H and O–H groups in total. The van der Waals surface area contributed by atoms with Gasteiger partial charge in [0, 0.05) is 21.4 Å². The molecule has 1 aliphatic rings. The summed E-state index contributed by atoms with van der Waals surface area (Å²) in [4.78, 5) is 11.9. The normalized spacial score (nSPS) is 13.6. The van der Waals surface area contributed by atoms with Gasteiger partial charge < -0.3 is 5.21 Å². The molecule has 0 aliphatic heterocycles. The lowest BCUT2D eigenvalue weighted by molar-refractivity contribution is -0.505. The highest BCUT2D eigenvalue weighted by Crippen LogP contribution is 2.25. The Bertz CT molecular complexity index is 662. The summed E-state index contributed by atoms with van der Waals surface area (Å²) in [6.45, 7) is 0. The summed E-state index contributed by atoms with van der Waals surface area (Å²) in [5.74, 6) is 0. The minimum Gasteiger partial charge on any atom is -0.428 e. The van der Waals surface area contributed by atoms with Crippen LogP contribution in [0, 0.1) is 4.91 Å². The van der Waals surface area contributed by atoms with E-state index in [2.05, 4.69) is 15.9 Å². The first-order valence-corrected chi connectivity index (χ1v) is 6.61. The Balaban J connectivity index is 2.22. The van der Waals surface area contributed by atoms with Gasteiger partial charge >= 0.3 is 0 Å². The number of rotatable bonds is 1. The van der Waals surface area contributed by atoms with Gasteiger partial charge in [-0.2, -0.15) is 4.73 Å². The zero-order valence-electron chi connectivity index (χ0n) is 9.64. The van der Waals surface area contributed by atoms with Crippen LogP contribution in [0.3, 0.4) is 0 Å². The molecule has 1 aliphatic carbocycles. The van der Waals surface area contributed by atoms with Gasteiger partial charge in [0.25, 0.3) is 11.9 Å². The molecule has 0 atom stereocenters. The smallest absolute Gasteiger partial charge is 0.262 e. The molecule has 0 unspecified atom stereocenters. The monoisotopic (exact) mass is 307 g/mol. The Morgan fingerprint density at radius 3 is 2.67 bits per heavy atom. The van der Waals surface area contributed by atoms with Crippen molar-refractivity contribution in [2.75, 3.05) is 0 Å². The molecule has 2 aromatic rings. The van der Waals surface area contributed by atoms with Crippen LogP contribution in [0.1, 0.15) is 17.8 Å². The first-order chi connectivity index (χ1) is 8.66. The third-order valence-electron chi connectivity index (χ3n) is 3.29. The second kappa shape index (κ2) is 4.24. The maximum absolute atomic E-state index is 11.9. The number of halogens is 1. The topological polar surface area (TPSA) is 48.1 Å². The minimum atomic E-state index is 0.526. The SMILES string of the molecule is O=[n+]1cc(-c2ccc(Br)cc2)n(O)c2c1CCC2. The largest absolute Gasteiger partial charge is 0.428 e. The summed E-state index contributed by atoms with van der Waals surface area (Å²) in [6, 6.07) is 7.51. The Kier molecular flexibility index (Phi) is 2.70. The predicted molar refractivity (Wildman–Crippen MR) is 70.1 cm³/mol. The standard InChI is InChI=1S/C13H12BrN2O2/c14-10-6-4-9(5-7-10)13-8-15(17)11-2-1-3-12(11)16(13)18/h4-8,18H,1-3H2/q+1. The van der Waals surface area contributed by atoms with Crippen molar-refractivity contribution in [1.29, 1.82) is 0 Å². The molecule has 4 nitrogen and oxygen atoms in total. The van der Waals surface area contributed by atoms with Gasteiger partial charge in [-0.25, -0.2) is 0 Å². The zero-order chi connectivity index (χ0) is 12.7. The average Bonchev–Trinajstić information content (AvgIpc) is 2.85. The zero-order valence-corrected chi connectivity index (χ0v) is 11.2. The van der Waals surface area contributed by atoms with Crippen molar-refractivity contribution >= 4 is 15.9 Å². The average molecular weight is 308 g/mol. The quantitative estimate of drug-likeness (QED) is 0.650. The van der Waals surface area contributed by atoms with E-state index in [1.807, 2.05) is 24.3 Å². The first-order valence-electron chi connectivity index (χ1n) is 5.82. The van der Waals surface area contributed by atoms with Crippen LogP contribution in [-0.4, -0.2) is 9.94 Å². The number of nitrogens with zero attached hydrogens (tertiary/aromatic N) is 2. The van der Waals surface area contributed by atoms with E-state index in [-0.39, 0.29) is 0 Å². The van der Waals surface area contributed by atoms with Crippen LogP contribution in [0.5, 0.6) is 0 Å². The number of aromatic nitrogens is 2. The number of hydrogen-bond donors (Lipinski definition) is 1. The van der Waals surface area contributed by atoms with Gasteiger partial charge in [-0.1, -0.05) is 28.1 Å². The molecule has 1 heterocycles. The lowest BCUT2D eigenvalue weighted by atomic mass is 10.1. The van der Waals surface area contributed by atoms with Crippen LogP contribution in [0.2, 0.25) is 0 Å². The van der Waals surface area contributed by atoms with Crippen molar-refractivity contribution in [3.8, 4) is 11.3 Å². The molecule has 5 heteroatoms. The highest BCUT2D eigenvalue weighted by molar-refractivity contribution is 9.10. The lowest BCUT2D eigenvalue weighted by Crippen LogP contribution is -2.25. The third-order valence-corrected chi connectivity index (χ3v) is 3.82. The predicted octanol–water partition coefficient (Wildman–Crippen LogP) is 2.56. The fourth-order valence-electron chi connectivity index (χ4n) is 2.38. The van der Waals surface area contributed by atoms with E-state index in [0.717, 1.165) is 44.2 Å². The number of hydrogen-bond acceptors (Lipinski definition) is 2. The highest BCUT2D eigenvalue weighted by Gasteiger charge is 2.27. The van der Waals surface area contributed by atoms with Gasteiger partial charge in [-0.15, -0.1) is 0 Å². The molecule has 18 heavy (non-hydrogen) atoms. The van der Waals surface area contributed by atoms with E-state index < -0.39 is 0 Å². The van der Waals surface area contributed by atoms with Crippen molar-refractivity contribution in [2.45, 2.75) is 19.3 Å². The van der Waals surface area contributed by atoms with Crippen molar-refractivity contribution in [3.63, 3.8) is 0 Å². The molecule has 0 spiro atoms. The van der Waals surface area contributed by atoms with Crippen LogP contribution < -0.4 is 4.43 Å². The summed E-state index contributed by atoms with van der Waals surface area (Å²) >= 11 is 3.36. The summed E-state index contributed by atoms with van der Waals surface area (Å²) in [5, 5.41) is 10.2. The second-order valence-corrected chi connectivity index (χ2v) is 5.32. The van der Waals surface area contributed by atoms with Gasteiger partial charge in [0.1, 0.15) is 5.69 Å². The summed E-state index contributed by atoms with van der Waals surface area (Å²) in [6.07, 6.45) is 3.84. The molecular formula is C13H12BrN2O2+. The maximum atomic E-state index is 11.9. The molecule has 0 fully saturated rings. The molecular weight excluding hydrogens is 296 g/mol. The fourth-order valence-corrected chi connectivity index (χ4v) is 2.65. The fraction of sp³-hybridized carbons (Fsp3) is 0.231. The molecule has 0 saturated carbocycles. The van der Waals surface area contributed by atoms with Gasteiger partial charge in [0.2, 0.25) is 0 Å². The lowest BCUT2D eigenvalue weighted by Gasteiger charge is -2.07. The van der Waals surface area contributed by atoms with Crippen LogP contribution in [0.25, 0.3) is 11.3 Å². The summed E-state index contributed by atoms with van der Waals surface area (Å²) < 4.78 is 3.00. The van der Waals surface area contributed by atoms with E-state index in [4.69, 9.17) is 0 Å². The molecule has 1 aromatic carbocycles. The van der Waals surface area contributed by atoms with E-state index >= 15 is 0 Å². The summed E-state index contributed by atoms with van der Waals surface area (Å²) in [5.41, 5.74) is 2.75. The van der Waals surface area contributed by atoms with Crippen molar-refractivity contribution in [3.05, 3.63) is 51.2 Å². The van der Waals surface area contributed by atoms with Crippen LogP contribution in [0.15, 0.2) is 34.9 Å². The minimum absolute atomic E-state index is 0.526. The molecule has 3 rings (SSSR count). The van der Waals surface area contributed by atoms with Crippen LogP contribution in [-0.2, 0) is 12.8 Å². The van der Waals surface area contributed by atoms with Crippen LogP contribution in [0.4, 0.5) is 0 Å². The Labute approximate surface area is 112 Å². The van der Waals surface area contributed by atoms with Crippen LogP contribution >= 0.6 is 15.9 Å². The van der Waals surface area contributed by atoms with Gasteiger partial charge in [0.15, 0.2) is 5.69 Å². The Hall–Kier alpha value is -1.62. The molecule has 0 saturated heterocycles. The molecule has 92 valence electrons. The number of benzene rings is 1. The molecule has 0 radical (unpaired) electrons. The first kappa shape index (κ1) is 11.5. The van der Waals surface area contributed by atoms with Crippen molar-refractivity contribution in [2.24, 2.45) is 0 Å². The highest BCUT2D eigenvalue weighted by atomic mass is 79.9. The third kappa shape index (κ3) is 1.75. The van der Waals surface area contributed by atoms with E-state index in [1.165, 1.54) is 6.20 Å². The molecule has 1 aromatic heterocycles. The van der Waals surface area contributed by atoms with E-state index in [1.54, 1.807) is 0 Å². The number of fused-ring (bicyclic) bond motifs is 1. The molecule has 0 bridgehead atoms. The van der Waals surface area contributed by atoms with Crippen molar-refractivity contribution in [1.82, 2.24) is 4.73 Å². The van der Waals surface area contributed by atoms with Gasteiger partial charge in [-0.05, 0) is 25.0 Å². The summed E-state index contributed by atoms with van der Waals surface area (Å²) in [7, 11) is 0. The van der Waals surface area contributed by atoms with E-state index in [0.29, 0.717) is 11.4 Å². The Morgan fingerprint density at radius 1 is 1.22 bits per heavy atom. The molecule has 0 amide bonds. The van der Waals surface area contributed by atoms with E-state index in [9.17, 15) is 10.1 Å². The maximum Gasteiger partial charge on any atom is 0.262 e. The second-order valence-electron chi connectivity index (χ2n) is 4.41. The Morgan fingerprint density at radius 2 is 1.94 bits per heavy atom. The van der Waals surface area contributed by atoms with Crippen molar-refractivity contribution < 1.29 is 9.63 Å². The van der Waals surface area contributed by atoms with Gasteiger partial charge in [0.05, 0.1) is 4.43 Å². The van der Waals surface area contributed by atoms with Gasteiger partial charge in [-0.3, -0.25) is 0 Å².